The maximum atomic E-state index is 13.3. The van der Waals surface area contributed by atoms with Gasteiger partial charge in [-0.15, -0.1) is 0 Å². The second-order valence-corrected chi connectivity index (χ2v) is 17.2. The second kappa shape index (κ2) is 24.0. The highest BCUT2D eigenvalue weighted by Crippen LogP contribution is 2.41. The molecule has 0 aliphatic heterocycles. The largest absolute Gasteiger partial charge is 0.497 e. The fraction of sp³-hybridized carbons (Fsp3) is 0.404. The summed E-state index contributed by atoms with van der Waals surface area (Å²) in [5, 5.41) is 72.9. The molecule has 0 radical (unpaired) electrons. The number of nitro benzene ring substituents is 1. The van der Waals surface area contributed by atoms with E-state index in [9.17, 15) is 79.1 Å². The summed E-state index contributed by atoms with van der Waals surface area (Å²) >= 11 is 0. The number of ether oxygens (including phenoxy) is 4. The Morgan fingerprint density at radius 1 is 0.671 bits per heavy atom. The number of methoxy groups -OCH3 is 1. The van der Waals surface area contributed by atoms with Crippen LogP contribution in [0.3, 0.4) is 0 Å². The van der Waals surface area contributed by atoms with E-state index in [2.05, 4.69) is 5.32 Å². The van der Waals surface area contributed by atoms with Gasteiger partial charge in [0, 0.05) is 29.6 Å². The Hall–Kier alpha value is -8.68. The molecule has 3 aromatic carbocycles. The van der Waals surface area contributed by atoms with Crippen molar-refractivity contribution in [2.75, 3.05) is 56.2 Å². The minimum atomic E-state index is -1.45. The molecule has 390 valence electrons. The third-order valence-corrected chi connectivity index (χ3v) is 12.0. The number of carbonyl (C=O) groups is 7. The number of nitrogens with zero attached hydrogens (tertiary/aromatic N) is 4. The lowest BCUT2D eigenvalue weighted by Crippen LogP contribution is -2.47. The number of carbonyl (C=O) groups excluding carboxylic acids is 1. The van der Waals surface area contributed by atoms with E-state index in [0.717, 1.165) is 21.9 Å². The second-order valence-electron chi connectivity index (χ2n) is 17.2. The molecule has 26 nitrogen and oxygen atoms in total. The Morgan fingerprint density at radius 3 is 1.74 bits per heavy atom. The minimum absolute atomic E-state index is 0.0228. The Labute approximate surface area is 413 Å². The minimum Gasteiger partial charge on any atom is -0.497 e. The van der Waals surface area contributed by atoms with Crippen LogP contribution in [0, 0.1) is 10.1 Å². The molecule has 4 aromatic rings. The third-order valence-electron chi connectivity index (χ3n) is 12.0. The number of carboxylic acid groups (broad SMARTS) is 6. The highest BCUT2D eigenvalue weighted by molar-refractivity contribution is 5.97. The first-order chi connectivity index (χ1) is 34.7. The van der Waals surface area contributed by atoms with Gasteiger partial charge in [0.2, 0.25) is 0 Å². The van der Waals surface area contributed by atoms with Crippen LogP contribution < -0.4 is 39.7 Å². The van der Waals surface area contributed by atoms with E-state index < -0.39 is 122 Å². The summed E-state index contributed by atoms with van der Waals surface area (Å²) in [5.41, 5.74) is -2.20. The molecule has 26 heteroatoms. The molecule has 2 aliphatic rings. The number of hydrogen-bond donors (Lipinski definition) is 7. The van der Waals surface area contributed by atoms with Crippen molar-refractivity contribution in [3.05, 3.63) is 86.3 Å². The SMILES string of the molecule is COc1ccc(N(CC(=O)O)CC(=O)O)c(O[C@@H]2CCC[C@@H]2Oc2cc([N+](=O)[O-])c(COc3ccc4cc(C(=O)N[C@H]5CC[C@H](N(CC(=O)O)CC(=O)O)CC5)c(=O)oc4c3)cc2N(CC(=O)O)CC(=O)O)c1. The van der Waals surface area contributed by atoms with Gasteiger partial charge in [-0.2, -0.15) is 0 Å². The molecular weight excluding hydrogens is 971 g/mol. The van der Waals surface area contributed by atoms with Crippen LogP contribution in [-0.4, -0.2) is 153 Å². The summed E-state index contributed by atoms with van der Waals surface area (Å²) in [6, 6.07) is 11.2. The average Bonchev–Trinajstić information content (AvgIpc) is 3.74. The molecule has 2 fully saturated rings. The van der Waals surface area contributed by atoms with Crippen LogP contribution in [-0.2, 0) is 35.4 Å². The molecule has 1 heterocycles. The number of nitro groups is 1. The Bertz CT molecular complexity index is 2780. The van der Waals surface area contributed by atoms with Crippen LogP contribution in [0.4, 0.5) is 17.1 Å². The molecule has 0 unspecified atom stereocenters. The van der Waals surface area contributed by atoms with Gasteiger partial charge in [-0.25, -0.2) is 4.79 Å². The zero-order valence-corrected chi connectivity index (χ0v) is 39.0. The van der Waals surface area contributed by atoms with Crippen molar-refractivity contribution >= 4 is 69.8 Å². The third kappa shape index (κ3) is 14.5. The first-order valence-corrected chi connectivity index (χ1v) is 22.6. The summed E-state index contributed by atoms with van der Waals surface area (Å²) in [4.78, 5) is 112. The predicted molar refractivity (Wildman–Crippen MR) is 251 cm³/mol. The van der Waals surface area contributed by atoms with Crippen LogP contribution in [0.1, 0.15) is 60.9 Å². The molecule has 1 aromatic heterocycles. The van der Waals surface area contributed by atoms with Gasteiger partial charge < -0.3 is 69.1 Å². The Morgan fingerprint density at radius 2 is 1.21 bits per heavy atom. The number of rotatable bonds is 26. The molecule has 7 N–H and O–H groups in total. The first-order valence-electron chi connectivity index (χ1n) is 22.6. The zero-order valence-electron chi connectivity index (χ0n) is 39.0. The van der Waals surface area contributed by atoms with E-state index in [1.54, 1.807) is 0 Å². The van der Waals surface area contributed by atoms with E-state index in [-0.39, 0.29) is 63.5 Å². The molecular formula is C47H51N5O21. The first kappa shape index (κ1) is 53.7. The lowest BCUT2D eigenvalue weighted by Gasteiger charge is -2.35. The number of fused-ring (bicyclic) bond motifs is 1. The van der Waals surface area contributed by atoms with Crippen LogP contribution in [0.25, 0.3) is 11.0 Å². The summed E-state index contributed by atoms with van der Waals surface area (Å²) in [6.45, 7) is -4.70. The van der Waals surface area contributed by atoms with Crippen LogP contribution >= 0.6 is 0 Å². The maximum absolute atomic E-state index is 13.3. The van der Waals surface area contributed by atoms with Crippen LogP contribution in [0.5, 0.6) is 23.0 Å². The van der Waals surface area contributed by atoms with Crippen molar-refractivity contribution in [1.82, 2.24) is 10.2 Å². The van der Waals surface area contributed by atoms with Gasteiger partial charge >= 0.3 is 41.4 Å². The van der Waals surface area contributed by atoms with Gasteiger partial charge in [-0.05, 0) is 81.3 Å². The lowest BCUT2D eigenvalue weighted by atomic mass is 9.90. The number of anilines is 2. The van der Waals surface area contributed by atoms with Gasteiger partial charge in [0.25, 0.3) is 11.6 Å². The van der Waals surface area contributed by atoms with E-state index in [1.165, 1.54) is 54.5 Å². The van der Waals surface area contributed by atoms with Crippen molar-refractivity contribution in [1.29, 1.82) is 0 Å². The standard InChI is InChI=1S/C47H51N5O21/c1-69-29-11-12-32(50(20-42(57)58)21-43(59)60)38(15-29)71-35-3-2-4-36(35)72-39-17-33(52(67)68)26(14-34(39)51(22-44(61)62)23-45(63)64)24-70-30-10-5-25-13-31(47(66)73-37(25)16-30)46(65)48-27-6-8-28(9-7-27)49(18-40(53)54)19-41(55)56/h5,10-17,27-28,35-36H,2-4,6-9,18-24H2,1H3,(H,48,65)(H,53,54)(H,55,56)(H,57,58)(H,59,60)(H,61,62)(H,63,64)/t27-,28-,35-,36+/m1/s1. The number of benzene rings is 3. The van der Waals surface area contributed by atoms with E-state index in [0.29, 0.717) is 43.9 Å². The molecule has 0 spiro atoms. The molecule has 6 rings (SSSR count). The van der Waals surface area contributed by atoms with Gasteiger partial charge in [0.15, 0.2) is 0 Å². The van der Waals surface area contributed by atoms with Crippen LogP contribution in [0.2, 0.25) is 0 Å². The Kier molecular flexibility index (Phi) is 17.6. The predicted octanol–water partition coefficient (Wildman–Crippen LogP) is 3.13. The van der Waals surface area contributed by atoms with Gasteiger partial charge in [0.05, 0.1) is 48.1 Å². The van der Waals surface area contributed by atoms with Crippen molar-refractivity contribution in [2.45, 2.75) is 75.8 Å². The highest BCUT2D eigenvalue weighted by atomic mass is 16.6. The fourth-order valence-corrected chi connectivity index (χ4v) is 8.81. The van der Waals surface area contributed by atoms with Crippen LogP contribution in [0.15, 0.2) is 63.8 Å². The van der Waals surface area contributed by atoms with Gasteiger partial charge in [-0.1, -0.05) is 0 Å². The van der Waals surface area contributed by atoms with E-state index >= 15 is 0 Å². The molecule has 0 bridgehead atoms. The van der Waals surface area contributed by atoms with Crippen molar-refractivity contribution < 1.29 is 92.5 Å². The monoisotopic (exact) mass is 1020 g/mol. The van der Waals surface area contributed by atoms with Crippen molar-refractivity contribution in [3.63, 3.8) is 0 Å². The Balaban J connectivity index is 1.23. The van der Waals surface area contributed by atoms with E-state index in [4.69, 9.17) is 23.4 Å². The summed E-state index contributed by atoms with van der Waals surface area (Å²) in [5.74, 6) is -8.61. The average molecular weight is 1020 g/mol. The van der Waals surface area contributed by atoms with E-state index in [1.807, 2.05) is 0 Å². The number of nitrogens with one attached hydrogen (secondary N) is 1. The summed E-state index contributed by atoms with van der Waals surface area (Å²) in [6.07, 6.45) is 0.817. The van der Waals surface area contributed by atoms with Gasteiger partial charge in [-0.3, -0.25) is 48.6 Å². The van der Waals surface area contributed by atoms with Crippen molar-refractivity contribution in [2.24, 2.45) is 0 Å². The molecule has 2 saturated carbocycles. The molecule has 2 atom stereocenters. The molecule has 2 aliphatic carbocycles. The molecule has 1 amide bonds. The number of amides is 1. The topological polar surface area (TPSA) is 373 Å². The quantitative estimate of drug-likeness (QED) is 0.0270. The fourth-order valence-electron chi connectivity index (χ4n) is 8.81. The number of hydrogen-bond acceptors (Lipinski definition) is 18. The number of aliphatic carboxylic acids is 6. The zero-order chi connectivity index (χ0) is 53.1. The summed E-state index contributed by atoms with van der Waals surface area (Å²) in [7, 11) is 1.37. The number of carboxylic acids is 6. The highest BCUT2D eigenvalue weighted by Gasteiger charge is 2.36. The normalized spacial score (nSPS) is 17.3. The smallest absolute Gasteiger partial charge is 0.349 e. The van der Waals surface area contributed by atoms with Gasteiger partial charge in [0.1, 0.15) is 79.1 Å². The lowest BCUT2D eigenvalue weighted by molar-refractivity contribution is -0.385. The van der Waals surface area contributed by atoms with Crippen molar-refractivity contribution in [3.8, 4) is 23.0 Å². The molecule has 0 saturated heterocycles. The summed E-state index contributed by atoms with van der Waals surface area (Å²) < 4.78 is 29.4. The molecule has 73 heavy (non-hydrogen) atoms. The maximum Gasteiger partial charge on any atom is 0.349 e.